The van der Waals surface area contributed by atoms with Gasteiger partial charge in [0.05, 0.1) is 17.3 Å². The summed E-state index contributed by atoms with van der Waals surface area (Å²) in [6.45, 7) is 4.15. The first-order valence-corrected chi connectivity index (χ1v) is 10.3. The van der Waals surface area contributed by atoms with Crippen LogP contribution >= 0.6 is 23.2 Å². The van der Waals surface area contributed by atoms with Gasteiger partial charge in [-0.05, 0) is 66.9 Å². The molecule has 0 bridgehead atoms. The minimum atomic E-state index is -0.426. The molecule has 0 saturated heterocycles. The van der Waals surface area contributed by atoms with E-state index in [0.717, 1.165) is 33.0 Å². The number of carbonyl (C=O) groups excluding carboxylic acids is 2. The van der Waals surface area contributed by atoms with Gasteiger partial charge in [0, 0.05) is 15.6 Å². The lowest BCUT2D eigenvalue weighted by Gasteiger charge is -2.14. The number of halogens is 2. The summed E-state index contributed by atoms with van der Waals surface area (Å²) >= 11 is 12.2. The summed E-state index contributed by atoms with van der Waals surface area (Å²) in [4.78, 5) is 24.9. The SMILES string of the molecule is Cc1cc(/C=N\N2C(=O)c3ccccc3C2=O)cc(C)c1OCc1ccc(Cl)cc1Cl. The monoisotopic (exact) mass is 452 g/mol. The maximum absolute atomic E-state index is 12.4. The van der Waals surface area contributed by atoms with Crippen LogP contribution in [0.25, 0.3) is 0 Å². The Kier molecular flexibility index (Phi) is 5.81. The Hall–Kier alpha value is -3.15. The highest BCUT2D eigenvalue weighted by atomic mass is 35.5. The molecule has 2 amide bonds. The molecule has 0 radical (unpaired) electrons. The minimum absolute atomic E-state index is 0.306. The van der Waals surface area contributed by atoms with Gasteiger partial charge in [0.1, 0.15) is 12.4 Å². The minimum Gasteiger partial charge on any atom is -0.488 e. The van der Waals surface area contributed by atoms with E-state index in [1.54, 1.807) is 36.4 Å². The van der Waals surface area contributed by atoms with Crippen LogP contribution in [0, 0.1) is 13.8 Å². The van der Waals surface area contributed by atoms with E-state index in [4.69, 9.17) is 27.9 Å². The van der Waals surface area contributed by atoms with Crippen LogP contribution in [0.2, 0.25) is 10.0 Å². The van der Waals surface area contributed by atoms with E-state index in [1.165, 1.54) is 6.21 Å². The summed E-state index contributed by atoms with van der Waals surface area (Å²) in [6.07, 6.45) is 1.50. The molecule has 0 aliphatic carbocycles. The first-order valence-electron chi connectivity index (χ1n) is 9.55. The number of hydrogen-bond donors (Lipinski definition) is 0. The van der Waals surface area contributed by atoms with E-state index in [9.17, 15) is 9.59 Å². The van der Waals surface area contributed by atoms with Gasteiger partial charge in [-0.2, -0.15) is 10.1 Å². The molecule has 3 aromatic carbocycles. The molecule has 0 atom stereocenters. The van der Waals surface area contributed by atoms with Gasteiger partial charge in [-0.25, -0.2) is 0 Å². The van der Waals surface area contributed by atoms with Crippen LogP contribution in [0.15, 0.2) is 59.7 Å². The second-order valence-corrected chi connectivity index (χ2v) is 8.06. The second-order valence-electron chi connectivity index (χ2n) is 7.22. The topological polar surface area (TPSA) is 59.0 Å². The van der Waals surface area contributed by atoms with E-state index in [0.29, 0.717) is 27.8 Å². The zero-order valence-corrected chi connectivity index (χ0v) is 18.4. The van der Waals surface area contributed by atoms with Crippen molar-refractivity contribution in [1.29, 1.82) is 0 Å². The van der Waals surface area contributed by atoms with Gasteiger partial charge in [0.15, 0.2) is 0 Å². The van der Waals surface area contributed by atoms with Crippen molar-refractivity contribution in [1.82, 2.24) is 5.01 Å². The molecule has 7 heteroatoms. The Balaban J connectivity index is 1.51. The molecule has 0 aromatic heterocycles. The van der Waals surface area contributed by atoms with E-state index in [2.05, 4.69) is 5.10 Å². The highest BCUT2D eigenvalue weighted by molar-refractivity contribution is 6.35. The maximum atomic E-state index is 12.4. The average molecular weight is 453 g/mol. The van der Waals surface area contributed by atoms with Crippen molar-refractivity contribution in [2.75, 3.05) is 0 Å². The fourth-order valence-electron chi connectivity index (χ4n) is 3.48. The third-order valence-corrected chi connectivity index (χ3v) is 5.55. The lowest BCUT2D eigenvalue weighted by atomic mass is 10.1. The second kappa shape index (κ2) is 8.53. The summed E-state index contributed by atoms with van der Waals surface area (Å²) < 4.78 is 5.99. The molecular formula is C24H18Cl2N2O3. The first-order chi connectivity index (χ1) is 14.8. The molecule has 1 aliphatic heterocycles. The fraction of sp³-hybridized carbons (Fsp3) is 0.125. The van der Waals surface area contributed by atoms with Gasteiger partial charge < -0.3 is 4.74 Å². The lowest BCUT2D eigenvalue weighted by molar-refractivity contribution is 0.0660. The Morgan fingerprint density at radius 3 is 2.13 bits per heavy atom. The van der Waals surface area contributed by atoms with Crippen molar-refractivity contribution in [3.8, 4) is 5.75 Å². The first kappa shape index (κ1) is 21.1. The van der Waals surface area contributed by atoms with Crippen molar-refractivity contribution in [2.24, 2.45) is 5.10 Å². The Labute approximate surface area is 189 Å². The van der Waals surface area contributed by atoms with Crippen molar-refractivity contribution in [2.45, 2.75) is 20.5 Å². The maximum Gasteiger partial charge on any atom is 0.282 e. The summed E-state index contributed by atoms with van der Waals surface area (Å²) in [5, 5.41) is 6.15. The third kappa shape index (κ3) is 4.20. The van der Waals surface area contributed by atoms with Gasteiger partial charge in [0.25, 0.3) is 11.8 Å². The molecular weight excluding hydrogens is 435 g/mol. The zero-order chi connectivity index (χ0) is 22.1. The summed E-state index contributed by atoms with van der Waals surface area (Å²) in [7, 11) is 0. The van der Waals surface area contributed by atoms with Gasteiger partial charge in [-0.1, -0.05) is 41.4 Å². The fourth-order valence-corrected chi connectivity index (χ4v) is 3.94. The lowest BCUT2D eigenvalue weighted by Crippen LogP contribution is -2.24. The Morgan fingerprint density at radius 1 is 0.935 bits per heavy atom. The Morgan fingerprint density at radius 2 is 1.55 bits per heavy atom. The van der Waals surface area contributed by atoms with E-state index in [1.807, 2.05) is 32.0 Å². The number of nitrogens with zero attached hydrogens (tertiary/aromatic N) is 2. The number of fused-ring (bicyclic) bond motifs is 1. The van der Waals surface area contributed by atoms with Gasteiger partial charge in [-0.15, -0.1) is 0 Å². The zero-order valence-electron chi connectivity index (χ0n) is 16.9. The molecule has 4 rings (SSSR count). The number of aryl methyl sites for hydroxylation is 2. The van der Waals surface area contributed by atoms with Crippen LogP contribution in [-0.4, -0.2) is 23.0 Å². The standard InChI is InChI=1S/C24H18Cl2N2O3/c1-14-9-16(12-27-28-23(29)19-5-3-4-6-20(19)24(28)30)10-15(2)22(14)31-13-17-7-8-18(25)11-21(17)26/h3-12H,13H2,1-2H3/b27-12-. The van der Waals surface area contributed by atoms with Crippen LogP contribution in [0.3, 0.4) is 0 Å². The normalized spacial score (nSPS) is 13.2. The molecule has 0 fully saturated rings. The molecule has 0 spiro atoms. The summed E-state index contributed by atoms with van der Waals surface area (Å²) in [5.74, 6) is -0.112. The average Bonchev–Trinajstić information content (AvgIpc) is 2.97. The number of rotatable bonds is 5. The number of carbonyl (C=O) groups is 2. The highest BCUT2D eigenvalue weighted by Gasteiger charge is 2.35. The van der Waals surface area contributed by atoms with E-state index < -0.39 is 11.8 Å². The quantitative estimate of drug-likeness (QED) is 0.361. The van der Waals surface area contributed by atoms with Crippen LogP contribution < -0.4 is 4.74 Å². The largest absolute Gasteiger partial charge is 0.488 e. The van der Waals surface area contributed by atoms with Crippen molar-refractivity contribution in [3.05, 3.63) is 98.0 Å². The highest BCUT2D eigenvalue weighted by Crippen LogP contribution is 2.28. The van der Waals surface area contributed by atoms with E-state index in [-0.39, 0.29) is 0 Å². The molecule has 1 heterocycles. The molecule has 0 unspecified atom stereocenters. The van der Waals surface area contributed by atoms with Crippen LogP contribution in [-0.2, 0) is 6.61 Å². The number of imide groups is 1. The van der Waals surface area contributed by atoms with Gasteiger partial charge in [-0.3, -0.25) is 9.59 Å². The summed E-state index contributed by atoms with van der Waals surface area (Å²) in [5.41, 5.74) is 4.11. The molecule has 0 saturated carbocycles. The third-order valence-electron chi connectivity index (χ3n) is 4.96. The smallest absolute Gasteiger partial charge is 0.282 e. The molecule has 3 aromatic rings. The van der Waals surface area contributed by atoms with Crippen LogP contribution in [0.1, 0.15) is 43.0 Å². The number of ether oxygens (including phenoxy) is 1. The summed E-state index contributed by atoms with van der Waals surface area (Å²) in [6, 6.07) is 15.7. The van der Waals surface area contributed by atoms with Gasteiger partial charge in [0.2, 0.25) is 0 Å². The number of hydrazone groups is 1. The van der Waals surface area contributed by atoms with Crippen molar-refractivity contribution in [3.63, 3.8) is 0 Å². The van der Waals surface area contributed by atoms with Crippen molar-refractivity contribution >= 4 is 41.2 Å². The predicted molar refractivity (Wildman–Crippen MR) is 121 cm³/mol. The number of hydrogen-bond acceptors (Lipinski definition) is 4. The van der Waals surface area contributed by atoms with E-state index >= 15 is 0 Å². The van der Waals surface area contributed by atoms with Gasteiger partial charge >= 0.3 is 0 Å². The number of benzene rings is 3. The van der Waals surface area contributed by atoms with Crippen LogP contribution in [0.4, 0.5) is 0 Å². The predicted octanol–water partition coefficient (Wildman–Crippen LogP) is 5.82. The molecule has 0 N–H and O–H groups in total. The van der Waals surface area contributed by atoms with Crippen LogP contribution in [0.5, 0.6) is 5.75 Å². The molecule has 31 heavy (non-hydrogen) atoms. The Bertz CT molecular complexity index is 1180. The molecule has 1 aliphatic rings. The molecule has 156 valence electrons. The number of amides is 2. The van der Waals surface area contributed by atoms with Crippen molar-refractivity contribution < 1.29 is 14.3 Å². The molecule has 5 nitrogen and oxygen atoms in total.